The molecule has 0 radical (unpaired) electrons. The molecule has 15 rings (SSSR count). The lowest BCUT2D eigenvalue weighted by molar-refractivity contribution is 0.633. The Morgan fingerprint density at radius 2 is 0.706 bits per heavy atom. The molecule has 316 valence electrons. The smallest absolute Gasteiger partial charge is 0.0720 e. The van der Waals surface area contributed by atoms with Gasteiger partial charge in [-0.05, 0) is 144 Å². The third-order valence-corrected chi connectivity index (χ3v) is 15.6. The highest BCUT2D eigenvalue weighted by atomic mass is 15.1. The van der Waals surface area contributed by atoms with Crippen LogP contribution >= 0.6 is 0 Å². The topological polar surface area (TPSA) is 8.17 Å². The Morgan fingerprint density at radius 1 is 0.279 bits per heavy atom. The third-order valence-electron chi connectivity index (χ3n) is 15.6. The highest BCUT2D eigenvalue weighted by Crippen LogP contribution is 2.67. The van der Waals surface area contributed by atoms with Crippen LogP contribution in [0.1, 0.15) is 44.5 Å². The number of hydrogen-bond acceptors (Lipinski definition) is 1. The van der Waals surface area contributed by atoms with Gasteiger partial charge in [0.05, 0.1) is 21.9 Å². The zero-order valence-electron chi connectivity index (χ0n) is 37.1. The number of nitrogens with zero attached hydrogens (tertiary/aromatic N) is 2. The maximum Gasteiger partial charge on any atom is 0.0720 e. The maximum absolute atomic E-state index is 2.60. The van der Waals surface area contributed by atoms with Crippen molar-refractivity contribution in [1.82, 2.24) is 4.57 Å². The van der Waals surface area contributed by atoms with E-state index in [1.54, 1.807) is 0 Å². The van der Waals surface area contributed by atoms with Gasteiger partial charge in [-0.15, -0.1) is 0 Å². The zero-order chi connectivity index (χ0) is 44.6. The van der Waals surface area contributed by atoms with Crippen LogP contribution in [0.3, 0.4) is 0 Å². The first kappa shape index (κ1) is 37.5. The molecule has 0 saturated carbocycles. The summed E-state index contributed by atoms with van der Waals surface area (Å²) >= 11 is 0. The standard InChI is InChI=1S/C66H42N2/c1-3-20-44(21-4-1)67(45-22-5-2-6-23-45)46-36-38-47(39-37-46)68-62-40-35-43-19-7-8-24-48(43)64(62)53-41-61-52(42-63(53)68)51-27-11-14-30-56(51)66(61)59-33-17-15-31-57(59)65(58-32-16-18-34-60(58)66)54-28-12-9-25-49(54)50-26-10-13-29-55(50)65/h1-42H. The first-order valence-corrected chi connectivity index (χ1v) is 23.8. The Labute approximate surface area is 395 Å². The average Bonchev–Trinajstić information content (AvgIpc) is 4.01. The minimum absolute atomic E-state index is 0.484. The van der Waals surface area contributed by atoms with Crippen LogP contribution in [-0.2, 0) is 10.8 Å². The molecule has 0 saturated heterocycles. The van der Waals surface area contributed by atoms with Crippen molar-refractivity contribution in [3.05, 3.63) is 299 Å². The lowest BCUT2D eigenvalue weighted by Crippen LogP contribution is -2.43. The van der Waals surface area contributed by atoms with Gasteiger partial charge in [0, 0.05) is 33.5 Å². The third kappa shape index (κ3) is 4.71. The minimum Gasteiger partial charge on any atom is -0.311 e. The summed E-state index contributed by atoms with van der Waals surface area (Å²) in [4.78, 5) is 2.33. The van der Waals surface area contributed by atoms with Gasteiger partial charge in [0.15, 0.2) is 0 Å². The predicted octanol–water partition coefficient (Wildman–Crippen LogP) is 16.4. The second-order valence-corrected chi connectivity index (χ2v) is 18.7. The van der Waals surface area contributed by atoms with Crippen molar-refractivity contribution >= 4 is 49.6 Å². The van der Waals surface area contributed by atoms with Crippen molar-refractivity contribution in [3.8, 4) is 27.9 Å². The van der Waals surface area contributed by atoms with E-state index in [1.165, 1.54) is 99.3 Å². The molecule has 12 aromatic rings. The Bertz CT molecular complexity index is 3890. The number of anilines is 3. The second-order valence-electron chi connectivity index (χ2n) is 18.7. The molecular weight excluding hydrogens is 821 g/mol. The Balaban J connectivity index is 1.03. The average molecular weight is 863 g/mol. The van der Waals surface area contributed by atoms with Gasteiger partial charge in [0.25, 0.3) is 0 Å². The summed E-state index contributed by atoms with van der Waals surface area (Å²) in [6, 6.07) is 95.5. The molecule has 0 amide bonds. The fourth-order valence-electron chi connectivity index (χ4n) is 13.1. The van der Waals surface area contributed by atoms with Crippen molar-refractivity contribution in [3.63, 3.8) is 0 Å². The van der Waals surface area contributed by atoms with Gasteiger partial charge < -0.3 is 9.47 Å². The van der Waals surface area contributed by atoms with Gasteiger partial charge in [0.1, 0.15) is 0 Å². The van der Waals surface area contributed by atoms with E-state index in [0.717, 1.165) is 22.7 Å². The van der Waals surface area contributed by atoms with Crippen LogP contribution in [-0.4, -0.2) is 4.57 Å². The molecule has 0 fully saturated rings. The Kier molecular flexibility index (Phi) is 7.67. The van der Waals surface area contributed by atoms with E-state index >= 15 is 0 Å². The van der Waals surface area contributed by atoms with E-state index in [2.05, 4.69) is 264 Å². The van der Waals surface area contributed by atoms with Crippen LogP contribution in [0.15, 0.2) is 255 Å². The number of hydrogen-bond donors (Lipinski definition) is 0. The fraction of sp³-hybridized carbons (Fsp3) is 0.0303. The number of para-hydroxylation sites is 2. The van der Waals surface area contributed by atoms with Crippen LogP contribution in [0.4, 0.5) is 17.1 Å². The molecule has 11 aromatic carbocycles. The van der Waals surface area contributed by atoms with Crippen LogP contribution in [0.2, 0.25) is 0 Å². The van der Waals surface area contributed by atoms with Crippen molar-refractivity contribution in [2.75, 3.05) is 4.90 Å². The summed E-state index contributed by atoms with van der Waals surface area (Å²) < 4.78 is 2.51. The lowest BCUT2D eigenvalue weighted by Gasteiger charge is -2.48. The predicted molar refractivity (Wildman–Crippen MR) is 281 cm³/mol. The monoisotopic (exact) mass is 862 g/mol. The van der Waals surface area contributed by atoms with Crippen LogP contribution in [0, 0.1) is 0 Å². The summed E-state index contributed by atoms with van der Waals surface area (Å²) in [5.41, 5.74) is 21.8. The second kappa shape index (κ2) is 13.9. The molecule has 68 heavy (non-hydrogen) atoms. The lowest BCUT2D eigenvalue weighted by atomic mass is 9.52. The highest BCUT2D eigenvalue weighted by Gasteiger charge is 2.59. The molecular formula is C66H42N2. The first-order valence-electron chi connectivity index (χ1n) is 23.8. The van der Waals surface area contributed by atoms with Crippen molar-refractivity contribution in [1.29, 1.82) is 0 Å². The Morgan fingerprint density at radius 3 is 1.25 bits per heavy atom. The van der Waals surface area contributed by atoms with E-state index in [4.69, 9.17) is 0 Å². The molecule has 0 unspecified atom stereocenters. The summed E-state index contributed by atoms with van der Waals surface area (Å²) in [7, 11) is 0. The molecule has 0 bridgehead atoms. The molecule has 0 aliphatic heterocycles. The van der Waals surface area contributed by atoms with Crippen molar-refractivity contribution in [2.24, 2.45) is 0 Å². The molecule has 2 nitrogen and oxygen atoms in total. The SMILES string of the molecule is c1ccc(N(c2ccccc2)c2ccc(-n3c4cc5c(cc4c4c6ccccc6ccc43)C3(c4ccccc4-5)c4ccccc4C4(c5ccccc5-c5ccccc54)c4ccccc43)cc2)cc1. The molecule has 0 atom stereocenters. The van der Waals surface area contributed by atoms with E-state index in [0.29, 0.717) is 0 Å². The van der Waals surface area contributed by atoms with Gasteiger partial charge >= 0.3 is 0 Å². The van der Waals surface area contributed by atoms with Gasteiger partial charge in [-0.2, -0.15) is 0 Å². The number of rotatable bonds is 4. The van der Waals surface area contributed by atoms with Crippen LogP contribution in [0.25, 0.3) is 60.5 Å². The van der Waals surface area contributed by atoms with Gasteiger partial charge in [-0.1, -0.05) is 188 Å². The van der Waals surface area contributed by atoms with Gasteiger partial charge in [-0.25, -0.2) is 0 Å². The molecule has 2 heteroatoms. The first-order chi connectivity index (χ1) is 33.8. The highest BCUT2D eigenvalue weighted by molar-refractivity contribution is 6.22. The summed E-state index contributed by atoms with van der Waals surface area (Å²) in [6.45, 7) is 0. The summed E-state index contributed by atoms with van der Waals surface area (Å²) in [5.74, 6) is 0. The molecule has 1 heterocycles. The number of aromatic nitrogens is 1. The fourth-order valence-corrected chi connectivity index (χ4v) is 13.1. The quantitative estimate of drug-likeness (QED) is 0.171. The molecule has 2 spiro atoms. The van der Waals surface area contributed by atoms with Gasteiger partial charge in [0.2, 0.25) is 0 Å². The summed E-state index contributed by atoms with van der Waals surface area (Å²) in [5, 5.41) is 5.03. The van der Waals surface area contributed by atoms with Crippen molar-refractivity contribution in [2.45, 2.75) is 10.8 Å². The van der Waals surface area contributed by atoms with E-state index in [1.807, 2.05) is 0 Å². The van der Waals surface area contributed by atoms with Crippen molar-refractivity contribution < 1.29 is 0 Å². The number of benzene rings is 11. The minimum atomic E-state index is -0.579. The van der Waals surface area contributed by atoms with Crippen LogP contribution in [0.5, 0.6) is 0 Å². The number of fused-ring (bicyclic) bond motifs is 21. The Hall–Kier alpha value is -8.72. The van der Waals surface area contributed by atoms with E-state index in [9.17, 15) is 0 Å². The van der Waals surface area contributed by atoms with Gasteiger partial charge in [-0.3, -0.25) is 0 Å². The molecule has 3 aliphatic carbocycles. The molecule has 1 aromatic heterocycles. The summed E-state index contributed by atoms with van der Waals surface area (Å²) in [6.07, 6.45) is 0. The van der Waals surface area contributed by atoms with Crippen LogP contribution < -0.4 is 4.90 Å². The van der Waals surface area contributed by atoms with E-state index in [-0.39, 0.29) is 0 Å². The van der Waals surface area contributed by atoms with E-state index < -0.39 is 10.8 Å². The molecule has 3 aliphatic rings. The maximum atomic E-state index is 2.60. The largest absolute Gasteiger partial charge is 0.311 e. The zero-order valence-corrected chi connectivity index (χ0v) is 37.1. The molecule has 0 N–H and O–H groups in total. The normalized spacial score (nSPS) is 14.1.